The Labute approximate surface area is 140 Å². The van der Waals surface area contributed by atoms with Crippen LogP contribution in [0.5, 0.6) is 0 Å². The van der Waals surface area contributed by atoms with Crippen LogP contribution in [-0.4, -0.2) is 19.9 Å². The third-order valence-electron chi connectivity index (χ3n) is 4.04. The van der Waals surface area contributed by atoms with Gasteiger partial charge in [-0.15, -0.1) is 0 Å². The largest absolute Gasteiger partial charge is 0.390 e. The molecule has 0 saturated carbocycles. The molecular formula is C20H17N3O. The fourth-order valence-electron chi connectivity index (χ4n) is 2.89. The predicted octanol–water partition coefficient (Wildman–Crippen LogP) is 3.64. The molecule has 0 bridgehead atoms. The SMILES string of the molecule is OCc1cccc(-c2nn(Cc3ccccc3)c3ccccc23)n1. The topological polar surface area (TPSA) is 50.9 Å². The van der Waals surface area contributed by atoms with Crippen molar-refractivity contribution in [3.05, 3.63) is 84.1 Å². The van der Waals surface area contributed by atoms with Crippen molar-refractivity contribution in [2.45, 2.75) is 13.2 Å². The van der Waals surface area contributed by atoms with Crippen LogP contribution in [-0.2, 0) is 13.2 Å². The minimum atomic E-state index is -0.0729. The third-order valence-corrected chi connectivity index (χ3v) is 4.04. The van der Waals surface area contributed by atoms with Crippen LogP contribution < -0.4 is 0 Å². The summed E-state index contributed by atoms with van der Waals surface area (Å²) in [5.74, 6) is 0. The first kappa shape index (κ1) is 14.6. The smallest absolute Gasteiger partial charge is 0.119 e. The molecule has 4 nitrogen and oxygen atoms in total. The van der Waals surface area contributed by atoms with Crippen LogP contribution in [0, 0.1) is 0 Å². The molecule has 2 aromatic heterocycles. The lowest BCUT2D eigenvalue weighted by atomic mass is 10.1. The van der Waals surface area contributed by atoms with E-state index in [1.54, 1.807) is 0 Å². The van der Waals surface area contributed by atoms with Gasteiger partial charge in [-0.05, 0) is 23.8 Å². The van der Waals surface area contributed by atoms with Gasteiger partial charge >= 0.3 is 0 Å². The predicted molar refractivity (Wildman–Crippen MR) is 94.4 cm³/mol. The molecule has 0 aliphatic carbocycles. The van der Waals surface area contributed by atoms with E-state index in [4.69, 9.17) is 5.10 Å². The van der Waals surface area contributed by atoms with Crippen molar-refractivity contribution in [3.63, 3.8) is 0 Å². The van der Waals surface area contributed by atoms with E-state index >= 15 is 0 Å². The second-order valence-electron chi connectivity index (χ2n) is 5.68. The van der Waals surface area contributed by atoms with Gasteiger partial charge in [0.1, 0.15) is 5.69 Å². The summed E-state index contributed by atoms with van der Waals surface area (Å²) in [6.45, 7) is 0.636. The number of fused-ring (bicyclic) bond motifs is 1. The molecule has 4 heteroatoms. The average molecular weight is 315 g/mol. The number of para-hydroxylation sites is 1. The molecule has 0 unspecified atom stereocenters. The summed E-state index contributed by atoms with van der Waals surface area (Å²) in [6.07, 6.45) is 0. The number of hydrogen-bond acceptors (Lipinski definition) is 3. The Morgan fingerprint density at radius 2 is 1.62 bits per heavy atom. The summed E-state index contributed by atoms with van der Waals surface area (Å²) in [5.41, 5.74) is 4.55. The Morgan fingerprint density at radius 1 is 0.833 bits per heavy atom. The number of aromatic nitrogens is 3. The van der Waals surface area contributed by atoms with E-state index in [9.17, 15) is 5.11 Å². The molecule has 24 heavy (non-hydrogen) atoms. The summed E-state index contributed by atoms with van der Waals surface area (Å²) in [6, 6.07) is 24.1. The van der Waals surface area contributed by atoms with Crippen LogP contribution in [0.15, 0.2) is 72.8 Å². The normalized spacial score (nSPS) is 11.0. The monoisotopic (exact) mass is 315 g/mol. The quantitative estimate of drug-likeness (QED) is 0.625. The van der Waals surface area contributed by atoms with E-state index in [0.29, 0.717) is 12.2 Å². The van der Waals surface area contributed by atoms with Gasteiger partial charge in [-0.25, -0.2) is 4.98 Å². The number of nitrogens with zero attached hydrogens (tertiary/aromatic N) is 3. The first-order valence-electron chi connectivity index (χ1n) is 7.92. The van der Waals surface area contributed by atoms with E-state index in [0.717, 1.165) is 22.3 Å². The standard InChI is InChI=1S/C20H17N3O/c24-14-16-9-6-11-18(21-16)20-17-10-4-5-12-19(17)23(22-20)13-15-7-2-1-3-8-15/h1-12,24H,13-14H2. The molecule has 4 rings (SSSR count). The van der Waals surface area contributed by atoms with Crippen LogP contribution in [0.1, 0.15) is 11.3 Å². The summed E-state index contributed by atoms with van der Waals surface area (Å²) < 4.78 is 2.01. The fraction of sp³-hybridized carbons (Fsp3) is 0.100. The second-order valence-corrected chi connectivity index (χ2v) is 5.68. The van der Waals surface area contributed by atoms with Crippen LogP contribution in [0.2, 0.25) is 0 Å². The summed E-state index contributed by atoms with van der Waals surface area (Å²) in [5, 5.41) is 15.2. The number of rotatable bonds is 4. The molecule has 0 aliphatic rings. The van der Waals surface area contributed by atoms with Gasteiger partial charge in [0.05, 0.1) is 30.1 Å². The van der Waals surface area contributed by atoms with E-state index < -0.39 is 0 Å². The highest BCUT2D eigenvalue weighted by molar-refractivity contribution is 5.92. The zero-order chi connectivity index (χ0) is 16.4. The van der Waals surface area contributed by atoms with Gasteiger partial charge in [0.2, 0.25) is 0 Å². The number of hydrogen-bond donors (Lipinski definition) is 1. The zero-order valence-corrected chi connectivity index (χ0v) is 13.1. The van der Waals surface area contributed by atoms with E-state index in [2.05, 4.69) is 29.2 Å². The lowest BCUT2D eigenvalue weighted by molar-refractivity contribution is 0.277. The Morgan fingerprint density at radius 3 is 2.46 bits per heavy atom. The van der Waals surface area contributed by atoms with E-state index in [1.165, 1.54) is 5.56 Å². The maximum atomic E-state index is 9.33. The van der Waals surface area contributed by atoms with Crippen molar-refractivity contribution < 1.29 is 5.11 Å². The van der Waals surface area contributed by atoms with Crippen molar-refractivity contribution in [2.24, 2.45) is 0 Å². The molecule has 0 spiro atoms. The van der Waals surface area contributed by atoms with Gasteiger partial charge in [-0.3, -0.25) is 4.68 Å². The minimum absolute atomic E-state index is 0.0729. The molecule has 0 radical (unpaired) electrons. The molecule has 0 aliphatic heterocycles. The van der Waals surface area contributed by atoms with Crippen LogP contribution >= 0.6 is 0 Å². The Bertz CT molecular complexity index is 977. The van der Waals surface area contributed by atoms with Crippen molar-refractivity contribution in [2.75, 3.05) is 0 Å². The van der Waals surface area contributed by atoms with Gasteiger partial charge < -0.3 is 5.11 Å². The molecule has 0 amide bonds. The van der Waals surface area contributed by atoms with Crippen molar-refractivity contribution in [1.82, 2.24) is 14.8 Å². The van der Waals surface area contributed by atoms with Gasteiger partial charge in [-0.1, -0.05) is 54.6 Å². The molecular weight excluding hydrogens is 298 g/mol. The van der Waals surface area contributed by atoms with Gasteiger partial charge in [0, 0.05) is 5.39 Å². The summed E-state index contributed by atoms with van der Waals surface area (Å²) in [4.78, 5) is 4.51. The van der Waals surface area contributed by atoms with Crippen LogP contribution in [0.4, 0.5) is 0 Å². The second kappa shape index (κ2) is 6.26. The molecule has 118 valence electrons. The molecule has 2 aromatic carbocycles. The minimum Gasteiger partial charge on any atom is -0.390 e. The number of aliphatic hydroxyl groups is 1. The Balaban J connectivity index is 1.84. The first-order valence-corrected chi connectivity index (χ1v) is 7.92. The Hall–Kier alpha value is -2.98. The number of aliphatic hydroxyl groups excluding tert-OH is 1. The lowest BCUT2D eigenvalue weighted by Gasteiger charge is -2.03. The summed E-state index contributed by atoms with van der Waals surface area (Å²) in [7, 11) is 0. The highest BCUT2D eigenvalue weighted by atomic mass is 16.3. The fourth-order valence-corrected chi connectivity index (χ4v) is 2.89. The Kier molecular flexibility index (Phi) is 3.81. The molecule has 0 saturated heterocycles. The molecule has 0 atom stereocenters. The van der Waals surface area contributed by atoms with Crippen molar-refractivity contribution in [3.8, 4) is 11.4 Å². The van der Waals surface area contributed by atoms with Crippen molar-refractivity contribution in [1.29, 1.82) is 0 Å². The number of pyridine rings is 1. The molecule has 4 aromatic rings. The van der Waals surface area contributed by atoms with Gasteiger partial charge in [0.25, 0.3) is 0 Å². The lowest BCUT2D eigenvalue weighted by Crippen LogP contribution is -2.01. The molecule has 0 fully saturated rings. The highest BCUT2D eigenvalue weighted by Crippen LogP contribution is 2.27. The third kappa shape index (κ3) is 2.68. The van der Waals surface area contributed by atoms with Gasteiger partial charge in [-0.2, -0.15) is 5.10 Å². The van der Waals surface area contributed by atoms with E-state index in [1.807, 2.05) is 53.2 Å². The van der Waals surface area contributed by atoms with Crippen LogP contribution in [0.3, 0.4) is 0 Å². The molecule has 2 heterocycles. The molecule has 1 N–H and O–H groups in total. The average Bonchev–Trinajstić information content (AvgIpc) is 3.01. The van der Waals surface area contributed by atoms with Gasteiger partial charge in [0.15, 0.2) is 0 Å². The zero-order valence-electron chi connectivity index (χ0n) is 13.1. The first-order chi connectivity index (χ1) is 11.8. The highest BCUT2D eigenvalue weighted by Gasteiger charge is 2.13. The van der Waals surface area contributed by atoms with Crippen molar-refractivity contribution >= 4 is 10.9 Å². The van der Waals surface area contributed by atoms with Crippen LogP contribution in [0.25, 0.3) is 22.3 Å². The van der Waals surface area contributed by atoms with E-state index in [-0.39, 0.29) is 6.61 Å². The maximum absolute atomic E-state index is 9.33. The summed E-state index contributed by atoms with van der Waals surface area (Å²) >= 11 is 0. The maximum Gasteiger partial charge on any atom is 0.119 e. The number of benzene rings is 2.